The minimum absolute atomic E-state index is 0.101. The first-order valence-corrected chi connectivity index (χ1v) is 8.54. The first-order chi connectivity index (χ1) is 9.10. The normalized spacial score (nSPS) is 17.6. The lowest BCUT2D eigenvalue weighted by Crippen LogP contribution is -2.34. The van der Waals surface area contributed by atoms with Crippen LogP contribution in [-0.4, -0.2) is 5.78 Å². The summed E-state index contributed by atoms with van der Waals surface area (Å²) in [4.78, 5) is 13.9. The number of carbonyl (C=O) groups is 1. The lowest BCUT2D eigenvalue weighted by Gasteiger charge is -2.35. The molecule has 0 bridgehead atoms. The zero-order valence-electron chi connectivity index (χ0n) is 12.3. The van der Waals surface area contributed by atoms with Gasteiger partial charge in [0.05, 0.1) is 0 Å². The number of thiophene rings is 1. The number of carbonyl (C=O) groups excluding carboxylic acids is 1. The van der Waals surface area contributed by atoms with Crippen molar-refractivity contribution in [2.45, 2.75) is 65.2 Å². The Morgan fingerprint density at radius 3 is 2.68 bits per heavy atom. The number of ketones is 1. The molecule has 2 rings (SSSR count). The Labute approximate surface area is 121 Å². The van der Waals surface area contributed by atoms with Gasteiger partial charge < -0.3 is 0 Å². The van der Waals surface area contributed by atoms with Crippen molar-refractivity contribution in [3.63, 3.8) is 0 Å². The number of Topliss-reactive ketones (excluding diaryl/α,β-unsaturated/α-hetero) is 1. The van der Waals surface area contributed by atoms with Crippen molar-refractivity contribution >= 4 is 17.1 Å². The zero-order chi connectivity index (χ0) is 13.7. The van der Waals surface area contributed by atoms with Crippen LogP contribution in [0.25, 0.3) is 0 Å². The van der Waals surface area contributed by atoms with Gasteiger partial charge in [-0.3, -0.25) is 4.79 Å². The van der Waals surface area contributed by atoms with Crippen molar-refractivity contribution in [1.29, 1.82) is 0 Å². The second kappa shape index (κ2) is 6.69. The highest BCUT2D eigenvalue weighted by Crippen LogP contribution is 2.39. The Hall–Kier alpha value is -0.630. The molecule has 1 aromatic heterocycles. The number of hydrogen-bond donors (Lipinski definition) is 0. The van der Waals surface area contributed by atoms with Gasteiger partial charge in [0.1, 0.15) is 5.78 Å². The third kappa shape index (κ3) is 3.92. The fraction of sp³-hybridized carbons (Fsp3) is 0.706. The standard InChI is InChI=1S/C17H26OS/c1-17(2,14-8-4-3-5-9-14)16(18)12-6-10-15-11-7-13-19-15/h7,11,13-14H,3-6,8-10,12H2,1-2H3. The van der Waals surface area contributed by atoms with Gasteiger partial charge in [-0.1, -0.05) is 39.2 Å². The summed E-state index contributed by atoms with van der Waals surface area (Å²) in [6.07, 6.45) is 9.32. The van der Waals surface area contributed by atoms with Crippen molar-refractivity contribution in [1.82, 2.24) is 0 Å². The molecule has 0 radical (unpaired) electrons. The minimum atomic E-state index is -0.101. The molecule has 0 unspecified atom stereocenters. The molecule has 1 aromatic rings. The molecule has 1 aliphatic rings. The van der Waals surface area contributed by atoms with Gasteiger partial charge in [0, 0.05) is 16.7 Å². The van der Waals surface area contributed by atoms with Gasteiger partial charge in [-0.2, -0.15) is 0 Å². The van der Waals surface area contributed by atoms with Crippen molar-refractivity contribution in [2.24, 2.45) is 11.3 Å². The molecule has 1 nitrogen and oxygen atoms in total. The van der Waals surface area contributed by atoms with Crippen LogP contribution in [0.2, 0.25) is 0 Å². The molecule has 1 aliphatic carbocycles. The third-order valence-corrected chi connectivity index (χ3v) is 5.69. The van der Waals surface area contributed by atoms with Crippen LogP contribution >= 0.6 is 11.3 Å². The van der Waals surface area contributed by atoms with Crippen molar-refractivity contribution in [3.05, 3.63) is 22.4 Å². The van der Waals surface area contributed by atoms with Gasteiger partial charge in [0.15, 0.2) is 0 Å². The lowest BCUT2D eigenvalue weighted by molar-refractivity contribution is -0.130. The van der Waals surface area contributed by atoms with E-state index < -0.39 is 0 Å². The second-order valence-electron chi connectivity index (χ2n) is 6.41. The molecule has 2 heteroatoms. The van der Waals surface area contributed by atoms with Gasteiger partial charge in [0.25, 0.3) is 0 Å². The Bertz CT molecular complexity index is 385. The van der Waals surface area contributed by atoms with E-state index in [0.29, 0.717) is 11.7 Å². The minimum Gasteiger partial charge on any atom is -0.299 e. The van der Waals surface area contributed by atoms with Gasteiger partial charge >= 0.3 is 0 Å². The molecule has 1 heterocycles. The van der Waals surface area contributed by atoms with Crippen LogP contribution in [0.4, 0.5) is 0 Å². The maximum absolute atomic E-state index is 12.5. The molecule has 0 atom stereocenters. The molecule has 0 aromatic carbocycles. The highest BCUT2D eigenvalue weighted by Gasteiger charge is 2.36. The highest BCUT2D eigenvalue weighted by molar-refractivity contribution is 7.09. The van der Waals surface area contributed by atoms with E-state index in [0.717, 1.165) is 19.3 Å². The van der Waals surface area contributed by atoms with E-state index in [1.165, 1.54) is 37.0 Å². The van der Waals surface area contributed by atoms with Crippen LogP contribution in [0.5, 0.6) is 0 Å². The Kier molecular flexibility index (Phi) is 5.20. The number of rotatable bonds is 6. The maximum Gasteiger partial charge on any atom is 0.138 e. The van der Waals surface area contributed by atoms with Gasteiger partial charge in [-0.25, -0.2) is 0 Å². The van der Waals surface area contributed by atoms with E-state index in [1.54, 1.807) is 11.3 Å². The summed E-state index contributed by atoms with van der Waals surface area (Å²) in [6.45, 7) is 4.35. The predicted molar refractivity (Wildman–Crippen MR) is 82.6 cm³/mol. The van der Waals surface area contributed by atoms with Gasteiger partial charge in [-0.15, -0.1) is 11.3 Å². The van der Waals surface area contributed by atoms with Crippen LogP contribution < -0.4 is 0 Å². The number of hydrogen-bond acceptors (Lipinski definition) is 2. The fourth-order valence-electron chi connectivity index (χ4n) is 3.25. The Morgan fingerprint density at radius 2 is 2.05 bits per heavy atom. The quantitative estimate of drug-likeness (QED) is 0.695. The monoisotopic (exact) mass is 278 g/mol. The summed E-state index contributed by atoms with van der Waals surface area (Å²) < 4.78 is 0. The first kappa shape index (κ1) is 14.8. The maximum atomic E-state index is 12.5. The van der Waals surface area contributed by atoms with Gasteiger partial charge in [0.2, 0.25) is 0 Å². The van der Waals surface area contributed by atoms with Crippen molar-refractivity contribution in [2.75, 3.05) is 0 Å². The molecule has 106 valence electrons. The molecule has 0 spiro atoms. The third-order valence-electron chi connectivity index (χ3n) is 4.75. The Balaban J connectivity index is 1.80. The van der Waals surface area contributed by atoms with E-state index >= 15 is 0 Å². The number of aryl methyl sites for hydroxylation is 1. The van der Waals surface area contributed by atoms with Crippen molar-refractivity contribution < 1.29 is 4.79 Å². The predicted octanol–water partition coefficient (Wildman–Crippen LogP) is 5.25. The van der Waals surface area contributed by atoms with Crippen molar-refractivity contribution in [3.8, 4) is 0 Å². The zero-order valence-corrected chi connectivity index (χ0v) is 13.1. The van der Waals surface area contributed by atoms with E-state index in [1.807, 2.05) is 0 Å². The molecule has 0 N–H and O–H groups in total. The summed E-state index contributed by atoms with van der Waals surface area (Å²) in [7, 11) is 0. The topological polar surface area (TPSA) is 17.1 Å². The highest BCUT2D eigenvalue weighted by atomic mass is 32.1. The lowest BCUT2D eigenvalue weighted by atomic mass is 9.68. The molecule has 0 aliphatic heterocycles. The van der Waals surface area contributed by atoms with E-state index in [2.05, 4.69) is 31.4 Å². The molecule has 0 amide bonds. The van der Waals surface area contributed by atoms with E-state index in [4.69, 9.17) is 0 Å². The van der Waals surface area contributed by atoms with Crippen LogP contribution in [0.3, 0.4) is 0 Å². The fourth-order valence-corrected chi connectivity index (χ4v) is 4.00. The molecular formula is C17H26OS. The smallest absolute Gasteiger partial charge is 0.138 e. The first-order valence-electron chi connectivity index (χ1n) is 7.66. The molecule has 0 saturated heterocycles. The molecule has 19 heavy (non-hydrogen) atoms. The van der Waals surface area contributed by atoms with Crippen LogP contribution in [0, 0.1) is 11.3 Å². The van der Waals surface area contributed by atoms with E-state index in [9.17, 15) is 4.79 Å². The summed E-state index contributed by atoms with van der Waals surface area (Å²) >= 11 is 1.80. The average molecular weight is 278 g/mol. The molecule has 1 saturated carbocycles. The largest absolute Gasteiger partial charge is 0.299 e. The molecule has 1 fully saturated rings. The van der Waals surface area contributed by atoms with Gasteiger partial charge in [-0.05, 0) is 43.0 Å². The summed E-state index contributed by atoms with van der Waals surface area (Å²) in [5.41, 5.74) is -0.101. The second-order valence-corrected chi connectivity index (χ2v) is 7.44. The average Bonchev–Trinajstić information content (AvgIpc) is 2.93. The van der Waals surface area contributed by atoms with E-state index in [-0.39, 0.29) is 5.41 Å². The van der Waals surface area contributed by atoms with Crippen LogP contribution in [-0.2, 0) is 11.2 Å². The molecular weight excluding hydrogens is 252 g/mol. The summed E-state index contributed by atoms with van der Waals surface area (Å²) in [6, 6.07) is 4.26. The Morgan fingerprint density at radius 1 is 1.32 bits per heavy atom. The SMILES string of the molecule is CC(C)(C(=O)CCCc1cccs1)C1CCCCC1. The summed E-state index contributed by atoms with van der Waals surface area (Å²) in [5, 5.41) is 2.11. The summed E-state index contributed by atoms with van der Waals surface area (Å²) in [5.74, 6) is 1.10. The van der Waals surface area contributed by atoms with Crippen LogP contribution in [0.1, 0.15) is 63.7 Å². The van der Waals surface area contributed by atoms with Crippen LogP contribution in [0.15, 0.2) is 17.5 Å².